The number of carbonyl (C=O) groups is 1. The molecule has 0 heterocycles. The van der Waals surface area contributed by atoms with E-state index in [2.05, 4.69) is 4.90 Å². The van der Waals surface area contributed by atoms with E-state index in [4.69, 9.17) is 5.11 Å². The zero-order valence-corrected chi connectivity index (χ0v) is 11.3. The topological polar surface area (TPSA) is 40.5 Å². The van der Waals surface area contributed by atoms with Crippen LogP contribution in [0.15, 0.2) is 24.3 Å². The van der Waals surface area contributed by atoms with Gasteiger partial charge in [0.25, 0.3) is 0 Å². The van der Waals surface area contributed by atoms with Crippen LogP contribution in [0.5, 0.6) is 0 Å². The first-order chi connectivity index (χ1) is 8.08. The maximum atomic E-state index is 12.7. The maximum absolute atomic E-state index is 12.7. The Bertz CT molecular complexity index is 357. The predicted molar refractivity (Wildman–Crippen MR) is 71.5 cm³/mol. The first-order valence-corrected chi connectivity index (χ1v) is 5.72. The maximum Gasteiger partial charge on any atom is 0.303 e. The Balaban J connectivity index is 0.00000289. The van der Waals surface area contributed by atoms with Gasteiger partial charge in [0.2, 0.25) is 0 Å². The minimum Gasteiger partial charge on any atom is -0.481 e. The Labute approximate surface area is 113 Å². The zero-order chi connectivity index (χ0) is 12.7. The molecule has 0 radical (unpaired) electrons. The van der Waals surface area contributed by atoms with Crippen molar-refractivity contribution in [3.05, 3.63) is 35.6 Å². The van der Waals surface area contributed by atoms with E-state index in [0.29, 0.717) is 6.42 Å². The number of unbranched alkanes of at least 4 members (excludes halogenated alkanes) is 1. The highest BCUT2D eigenvalue weighted by Gasteiger charge is 2.02. The van der Waals surface area contributed by atoms with Crippen LogP contribution >= 0.6 is 12.4 Å². The fourth-order valence-electron chi connectivity index (χ4n) is 1.64. The van der Waals surface area contributed by atoms with E-state index in [1.165, 1.54) is 12.1 Å². The minimum atomic E-state index is -0.744. The Hall–Kier alpha value is -1.13. The molecule has 0 saturated heterocycles. The summed E-state index contributed by atoms with van der Waals surface area (Å²) >= 11 is 0. The van der Waals surface area contributed by atoms with Crippen LogP contribution in [0.4, 0.5) is 4.39 Å². The fraction of sp³-hybridized carbons (Fsp3) is 0.462. The van der Waals surface area contributed by atoms with Gasteiger partial charge in [-0.05, 0) is 44.1 Å². The second kappa shape index (κ2) is 8.89. The summed E-state index contributed by atoms with van der Waals surface area (Å²) in [5, 5.41) is 8.49. The van der Waals surface area contributed by atoms with Gasteiger partial charge in [-0.15, -0.1) is 12.4 Å². The summed E-state index contributed by atoms with van der Waals surface area (Å²) in [4.78, 5) is 12.4. The average molecular weight is 276 g/mol. The van der Waals surface area contributed by atoms with E-state index in [-0.39, 0.29) is 24.6 Å². The molecule has 0 aromatic heterocycles. The van der Waals surface area contributed by atoms with Crippen LogP contribution < -0.4 is 0 Å². The van der Waals surface area contributed by atoms with Crippen molar-refractivity contribution in [3.63, 3.8) is 0 Å². The van der Waals surface area contributed by atoms with E-state index in [1.54, 1.807) is 12.1 Å². The number of nitrogens with zero attached hydrogens (tertiary/aromatic N) is 1. The van der Waals surface area contributed by atoms with E-state index in [0.717, 1.165) is 25.1 Å². The molecule has 0 spiro atoms. The van der Waals surface area contributed by atoms with Crippen molar-refractivity contribution < 1.29 is 14.3 Å². The molecular weight excluding hydrogens is 257 g/mol. The molecule has 1 aromatic rings. The number of carboxylic acids is 1. The first kappa shape index (κ1) is 16.9. The highest BCUT2D eigenvalue weighted by Crippen LogP contribution is 2.06. The molecule has 1 N–H and O–H groups in total. The van der Waals surface area contributed by atoms with Gasteiger partial charge in [-0.2, -0.15) is 0 Å². The third-order valence-corrected chi connectivity index (χ3v) is 2.55. The molecule has 18 heavy (non-hydrogen) atoms. The molecule has 0 aliphatic carbocycles. The number of benzene rings is 1. The molecule has 0 aliphatic heterocycles. The van der Waals surface area contributed by atoms with Crippen LogP contribution in [-0.4, -0.2) is 29.6 Å². The number of aliphatic carboxylic acids is 1. The lowest BCUT2D eigenvalue weighted by molar-refractivity contribution is -0.137. The third-order valence-electron chi connectivity index (χ3n) is 2.55. The van der Waals surface area contributed by atoms with E-state index in [1.807, 2.05) is 7.05 Å². The number of halogens is 2. The van der Waals surface area contributed by atoms with Gasteiger partial charge in [-0.1, -0.05) is 12.1 Å². The molecule has 0 fully saturated rings. The van der Waals surface area contributed by atoms with Crippen molar-refractivity contribution in [2.45, 2.75) is 25.8 Å². The third kappa shape index (κ3) is 7.25. The van der Waals surface area contributed by atoms with E-state index in [9.17, 15) is 9.18 Å². The number of hydrogen-bond acceptors (Lipinski definition) is 2. The monoisotopic (exact) mass is 275 g/mol. The summed E-state index contributed by atoms with van der Waals surface area (Å²) in [7, 11) is 1.98. The lowest BCUT2D eigenvalue weighted by Gasteiger charge is -2.16. The molecule has 0 aliphatic rings. The van der Waals surface area contributed by atoms with Gasteiger partial charge in [-0.3, -0.25) is 4.79 Å². The highest BCUT2D eigenvalue weighted by atomic mass is 35.5. The molecule has 1 aromatic carbocycles. The normalized spacial score (nSPS) is 10.2. The molecular formula is C13H19ClFNO2. The van der Waals surface area contributed by atoms with E-state index < -0.39 is 5.97 Å². The van der Waals surface area contributed by atoms with Gasteiger partial charge in [0.05, 0.1) is 0 Å². The number of carboxylic acid groups (broad SMARTS) is 1. The second-order valence-electron chi connectivity index (χ2n) is 4.22. The van der Waals surface area contributed by atoms with Gasteiger partial charge in [-0.25, -0.2) is 4.39 Å². The molecule has 1 rings (SSSR count). The van der Waals surface area contributed by atoms with Crippen molar-refractivity contribution in [2.24, 2.45) is 0 Å². The van der Waals surface area contributed by atoms with Gasteiger partial charge in [0.15, 0.2) is 0 Å². The summed E-state index contributed by atoms with van der Waals surface area (Å²) in [6.07, 6.45) is 1.79. The molecule has 3 nitrogen and oxygen atoms in total. The molecule has 5 heteroatoms. The van der Waals surface area contributed by atoms with Gasteiger partial charge >= 0.3 is 5.97 Å². The zero-order valence-electron chi connectivity index (χ0n) is 10.4. The summed E-state index contributed by atoms with van der Waals surface area (Å²) in [5.74, 6) is -0.968. The van der Waals surface area contributed by atoms with Gasteiger partial charge in [0, 0.05) is 13.0 Å². The number of hydrogen-bond donors (Lipinski definition) is 1. The predicted octanol–water partition coefficient (Wildman–Crippen LogP) is 2.93. The molecule has 0 unspecified atom stereocenters. The van der Waals surface area contributed by atoms with Crippen LogP contribution in [0.1, 0.15) is 24.8 Å². The highest BCUT2D eigenvalue weighted by molar-refractivity contribution is 5.85. The van der Waals surface area contributed by atoms with E-state index >= 15 is 0 Å². The molecule has 102 valence electrons. The fourth-order valence-corrected chi connectivity index (χ4v) is 1.64. The van der Waals surface area contributed by atoms with Crippen LogP contribution in [0.3, 0.4) is 0 Å². The van der Waals surface area contributed by atoms with Crippen molar-refractivity contribution in [1.82, 2.24) is 4.90 Å². The number of rotatable bonds is 7. The smallest absolute Gasteiger partial charge is 0.303 e. The summed E-state index contributed by atoms with van der Waals surface area (Å²) in [6, 6.07) is 6.44. The van der Waals surface area contributed by atoms with Gasteiger partial charge < -0.3 is 10.0 Å². The molecule has 0 saturated carbocycles. The van der Waals surface area contributed by atoms with Crippen molar-refractivity contribution >= 4 is 18.4 Å². The average Bonchev–Trinajstić information content (AvgIpc) is 2.27. The lowest BCUT2D eigenvalue weighted by atomic mass is 10.2. The standard InChI is InChI=1S/C13H18FNO2.ClH/c1-15(9-3-2-4-13(16)17)10-11-5-7-12(14)8-6-11;/h5-8H,2-4,9-10H2,1H3,(H,16,17);1H. The summed E-state index contributed by atoms with van der Waals surface area (Å²) in [6.45, 7) is 1.61. The van der Waals surface area contributed by atoms with Crippen LogP contribution in [0.2, 0.25) is 0 Å². The first-order valence-electron chi connectivity index (χ1n) is 5.72. The Morgan fingerprint density at radius 2 is 1.89 bits per heavy atom. The molecule has 0 atom stereocenters. The second-order valence-corrected chi connectivity index (χ2v) is 4.22. The van der Waals surface area contributed by atoms with Crippen molar-refractivity contribution in [1.29, 1.82) is 0 Å². The minimum absolute atomic E-state index is 0. The van der Waals surface area contributed by atoms with Crippen LogP contribution in [0.25, 0.3) is 0 Å². The molecule has 0 amide bonds. The summed E-state index contributed by atoms with van der Waals surface area (Å²) in [5.41, 5.74) is 1.06. The summed E-state index contributed by atoms with van der Waals surface area (Å²) < 4.78 is 12.7. The Kier molecular flexibility index (Phi) is 8.33. The van der Waals surface area contributed by atoms with Crippen molar-refractivity contribution in [2.75, 3.05) is 13.6 Å². The molecule has 0 bridgehead atoms. The lowest BCUT2D eigenvalue weighted by Crippen LogP contribution is -2.19. The van der Waals surface area contributed by atoms with Crippen molar-refractivity contribution in [3.8, 4) is 0 Å². The quantitative estimate of drug-likeness (QED) is 0.778. The Morgan fingerprint density at radius 1 is 1.28 bits per heavy atom. The largest absolute Gasteiger partial charge is 0.481 e. The van der Waals surface area contributed by atoms with Crippen LogP contribution in [-0.2, 0) is 11.3 Å². The Morgan fingerprint density at radius 3 is 2.44 bits per heavy atom. The van der Waals surface area contributed by atoms with Gasteiger partial charge in [0.1, 0.15) is 5.82 Å². The van der Waals surface area contributed by atoms with Crippen LogP contribution in [0, 0.1) is 5.82 Å². The SMILES string of the molecule is CN(CCCCC(=O)O)Cc1ccc(F)cc1.Cl.